The van der Waals surface area contributed by atoms with Gasteiger partial charge in [0.2, 0.25) is 0 Å². The highest BCUT2D eigenvalue weighted by atomic mass is 16.3. The van der Waals surface area contributed by atoms with E-state index in [0.717, 1.165) is 56.8 Å². The molecular formula is C23H40O4. The summed E-state index contributed by atoms with van der Waals surface area (Å²) in [5.74, 6) is 5.43. The van der Waals surface area contributed by atoms with Crippen LogP contribution in [0.5, 0.6) is 0 Å². The van der Waals surface area contributed by atoms with Crippen LogP contribution in [0.3, 0.4) is 0 Å². The van der Waals surface area contributed by atoms with Crippen LogP contribution in [0.2, 0.25) is 0 Å². The fraction of sp³-hybridized carbons (Fsp3) is 0.957. The molecule has 0 spiro atoms. The summed E-state index contributed by atoms with van der Waals surface area (Å²) in [6.07, 6.45) is 11.8. The van der Waals surface area contributed by atoms with Gasteiger partial charge in [0.25, 0.3) is 0 Å². The van der Waals surface area contributed by atoms with E-state index in [1.54, 1.807) is 0 Å². The van der Waals surface area contributed by atoms with E-state index in [4.69, 9.17) is 5.11 Å². The molecule has 0 aliphatic heterocycles. The molecular weight excluding hydrogens is 340 g/mol. The number of carbonyl (C=O) groups excluding carboxylic acids is 1. The van der Waals surface area contributed by atoms with E-state index in [-0.39, 0.29) is 12.2 Å². The molecule has 0 aromatic rings. The van der Waals surface area contributed by atoms with E-state index in [0.29, 0.717) is 36.0 Å². The van der Waals surface area contributed by atoms with E-state index in [1.165, 1.54) is 32.1 Å². The van der Waals surface area contributed by atoms with Crippen LogP contribution in [0.25, 0.3) is 0 Å². The van der Waals surface area contributed by atoms with Crippen LogP contribution in [0.4, 0.5) is 0 Å². The Morgan fingerprint density at radius 1 is 0.889 bits per heavy atom. The van der Waals surface area contributed by atoms with E-state index < -0.39 is 0 Å². The van der Waals surface area contributed by atoms with Gasteiger partial charge in [-0.05, 0) is 105 Å². The summed E-state index contributed by atoms with van der Waals surface area (Å²) < 4.78 is 0. The summed E-state index contributed by atoms with van der Waals surface area (Å²) in [7, 11) is 1.00. The smallest absolute Gasteiger partial charge is 0.120 e. The first-order valence-electron chi connectivity index (χ1n) is 11.3. The van der Waals surface area contributed by atoms with Crippen molar-refractivity contribution in [2.75, 3.05) is 7.11 Å². The summed E-state index contributed by atoms with van der Waals surface area (Å²) >= 11 is 0. The molecule has 10 atom stereocenters. The normalized spacial score (nSPS) is 46.9. The molecule has 27 heavy (non-hydrogen) atoms. The molecule has 0 aromatic heterocycles. The van der Waals surface area contributed by atoms with Crippen LogP contribution in [-0.2, 0) is 4.79 Å². The van der Waals surface area contributed by atoms with Crippen molar-refractivity contribution in [1.29, 1.82) is 0 Å². The van der Waals surface area contributed by atoms with Gasteiger partial charge in [-0.2, -0.15) is 0 Å². The third kappa shape index (κ3) is 4.13. The molecule has 0 heterocycles. The highest BCUT2D eigenvalue weighted by Gasteiger charge is 2.55. The lowest BCUT2D eigenvalue weighted by molar-refractivity contribution is -0.115. The Balaban J connectivity index is 0.00000102. The SMILES string of the molecule is CC(CCC=O)C1CCC2C1CCC1C3CCC(O)CC3CC(O)C12.CO. The zero-order chi connectivity index (χ0) is 19.6. The molecule has 0 bridgehead atoms. The Morgan fingerprint density at radius 3 is 2.26 bits per heavy atom. The number of aliphatic hydroxyl groups excluding tert-OH is 3. The van der Waals surface area contributed by atoms with E-state index in [1.807, 2.05) is 0 Å². The van der Waals surface area contributed by atoms with Crippen molar-refractivity contribution in [2.45, 2.75) is 83.3 Å². The monoisotopic (exact) mass is 380 g/mol. The minimum absolute atomic E-state index is 0.129. The highest BCUT2D eigenvalue weighted by molar-refractivity contribution is 5.49. The Kier molecular flexibility index (Phi) is 7.38. The van der Waals surface area contributed by atoms with Gasteiger partial charge in [0.05, 0.1) is 12.2 Å². The lowest BCUT2D eigenvalue weighted by atomic mass is 9.52. The zero-order valence-corrected chi connectivity index (χ0v) is 17.2. The molecule has 3 N–H and O–H groups in total. The first kappa shape index (κ1) is 21.3. The number of hydrogen-bond donors (Lipinski definition) is 3. The minimum atomic E-state index is -0.145. The number of rotatable bonds is 4. The molecule has 4 rings (SSSR count). The predicted octanol–water partition coefficient (Wildman–Crippen LogP) is 3.42. The fourth-order valence-electron chi connectivity index (χ4n) is 7.82. The molecule has 4 nitrogen and oxygen atoms in total. The van der Waals surface area contributed by atoms with Gasteiger partial charge in [0, 0.05) is 13.5 Å². The molecule has 4 fully saturated rings. The van der Waals surface area contributed by atoms with Crippen molar-refractivity contribution in [2.24, 2.45) is 47.3 Å². The molecule has 10 unspecified atom stereocenters. The summed E-state index contributed by atoms with van der Waals surface area (Å²) in [5.41, 5.74) is 0. The largest absolute Gasteiger partial charge is 0.400 e. The molecule has 0 radical (unpaired) electrons. The molecule has 0 saturated heterocycles. The van der Waals surface area contributed by atoms with E-state index in [2.05, 4.69) is 6.92 Å². The molecule has 4 heteroatoms. The van der Waals surface area contributed by atoms with Gasteiger partial charge >= 0.3 is 0 Å². The second kappa shape index (κ2) is 9.37. The summed E-state index contributed by atoms with van der Waals surface area (Å²) in [4.78, 5) is 10.7. The van der Waals surface area contributed by atoms with Crippen LogP contribution < -0.4 is 0 Å². The minimum Gasteiger partial charge on any atom is -0.400 e. The van der Waals surface area contributed by atoms with Crippen molar-refractivity contribution in [3.8, 4) is 0 Å². The topological polar surface area (TPSA) is 77.8 Å². The summed E-state index contributed by atoms with van der Waals surface area (Å²) in [6, 6.07) is 0. The lowest BCUT2D eigenvalue weighted by Crippen LogP contribution is -2.52. The number of carbonyl (C=O) groups is 1. The van der Waals surface area contributed by atoms with Gasteiger partial charge in [0.1, 0.15) is 6.29 Å². The molecule has 156 valence electrons. The Labute approximate surface area is 164 Å². The maximum atomic E-state index is 11.0. The Bertz CT molecular complexity index is 481. The van der Waals surface area contributed by atoms with E-state index >= 15 is 0 Å². The van der Waals surface area contributed by atoms with Crippen LogP contribution in [0.15, 0.2) is 0 Å². The maximum absolute atomic E-state index is 11.0. The van der Waals surface area contributed by atoms with Crippen molar-refractivity contribution in [3.63, 3.8) is 0 Å². The number of aliphatic hydroxyl groups is 3. The average Bonchev–Trinajstić information content (AvgIpc) is 3.11. The molecule has 4 saturated carbocycles. The van der Waals surface area contributed by atoms with Gasteiger partial charge < -0.3 is 20.1 Å². The summed E-state index contributed by atoms with van der Waals surface area (Å²) in [6.45, 7) is 2.35. The molecule has 0 amide bonds. The first-order valence-corrected chi connectivity index (χ1v) is 11.3. The quantitative estimate of drug-likeness (QED) is 0.653. The second-order valence-corrected chi connectivity index (χ2v) is 9.80. The third-order valence-corrected chi connectivity index (χ3v) is 8.78. The highest BCUT2D eigenvalue weighted by Crippen LogP contribution is 2.60. The Hall–Kier alpha value is -0.450. The van der Waals surface area contributed by atoms with Crippen LogP contribution in [0, 0.1) is 47.3 Å². The number of aldehydes is 1. The molecule has 4 aliphatic rings. The number of fused-ring (bicyclic) bond motifs is 5. The van der Waals surface area contributed by atoms with Crippen molar-refractivity contribution in [1.82, 2.24) is 0 Å². The van der Waals surface area contributed by atoms with Gasteiger partial charge in [0.15, 0.2) is 0 Å². The van der Waals surface area contributed by atoms with Crippen LogP contribution in [0.1, 0.15) is 71.1 Å². The fourth-order valence-corrected chi connectivity index (χ4v) is 7.82. The third-order valence-electron chi connectivity index (χ3n) is 8.78. The standard InChI is InChI=1S/C22H36O3.CH4O/c1-13(3-2-10-23)16-6-8-20-18(16)7-9-19-17-5-4-15(24)11-14(17)12-21(25)22(19)20;1-2/h10,13-22,24-25H,2-9,11-12H2,1H3;2H,1H3. The van der Waals surface area contributed by atoms with Gasteiger partial charge in [-0.25, -0.2) is 0 Å². The Morgan fingerprint density at radius 2 is 1.52 bits per heavy atom. The molecule has 4 aliphatic carbocycles. The van der Waals surface area contributed by atoms with Crippen molar-refractivity contribution >= 4 is 6.29 Å². The van der Waals surface area contributed by atoms with Crippen molar-refractivity contribution in [3.05, 3.63) is 0 Å². The van der Waals surface area contributed by atoms with Crippen molar-refractivity contribution < 1.29 is 20.1 Å². The maximum Gasteiger partial charge on any atom is 0.120 e. The predicted molar refractivity (Wildman–Crippen MR) is 106 cm³/mol. The average molecular weight is 381 g/mol. The van der Waals surface area contributed by atoms with Crippen LogP contribution >= 0.6 is 0 Å². The first-order chi connectivity index (χ1) is 13.1. The zero-order valence-electron chi connectivity index (χ0n) is 17.2. The van der Waals surface area contributed by atoms with Gasteiger partial charge in [-0.1, -0.05) is 6.92 Å². The van der Waals surface area contributed by atoms with Gasteiger partial charge in [-0.3, -0.25) is 0 Å². The second-order valence-electron chi connectivity index (χ2n) is 9.80. The number of hydrogen-bond acceptors (Lipinski definition) is 4. The van der Waals surface area contributed by atoms with Gasteiger partial charge in [-0.15, -0.1) is 0 Å². The van der Waals surface area contributed by atoms with E-state index in [9.17, 15) is 15.0 Å². The lowest BCUT2D eigenvalue weighted by Gasteiger charge is -2.54. The molecule has 0 aromatic carbocycles. The van der Waals surface area contributed by atoms with Crippen LogP contribution in [-0.4, -0.2) is 40.9 Å². The summed E-state index contributed by atoms with van der Waals surface area (Å²) in [5, 5.41) is 28.1.